The first-order chi connectivity index (χ1) is 8.53. The van der Waals surface area contributed by atoms with E-state index in [0.717, 1.165) is 11.5 Å². The van der Waals surface area contributed by atoms with E-state index >= 15 is 0 Å². The maximum Gasteiger partial charge on any atom is 0.265 e. The molecule has 1 aromatic rings. The molecule has 0 aliphatic heterocycles. The fraction of sp³-hybridized carbons (Fsp3) is 0.692. The maximum atomic E-state index is 12.1. The number of amides is 1. The van der Waals surface area contributed by atoms with E-state index in [0.29, 0.717) is 10.6 Å². The molecule has 0 aliphatic carbocycles. The summed E-state index contributed by atoms with van der Waals surface area (Å²) in [5.74, 6) is -0.284. The molecule has 0 fully saturated rings. The first-order valence-corrected chi connectivity index (χ1v) is 6.95. The van der Waals surface area contributed by atoms with Gasteiger partial charge >= 0.3 is 0 Å². The van der Waals surface area contributed by atoms with Gasteiger partial charge in [-0.2, -0.15) is 0 Å². The summed E-state index contributed by atoms with van der Waals surface area (Å²) < 4.78 is 3.83. The van der Waals surface area contributed by atoms with Crippen LogP contribution in [0.25, 0.3) is 0 Å². The number of carbonyl (C=O) groups is 2. The van der Waals surface area contributed by atoms with Crippen LogP contribution in [0.3, 0.4) is 0 Å². The van der Waals surface area contributed by atoms with E-state index < -0.39 is 5.41 Å². The molecule has 5 nitrogen and oxygen atoms in total. The van der Waals surface area contributed by atoms with E-state index in [2.05, 4.69) is 14.9 Å². The Balaban J connectivity index is 2.76. The van der Waals surface area contributed by atoms with E-state index in [1.807, 2.05) is 41.5 Å². The van der Waals surface area contributed by atoms with Crippen molar-refractivity contribution >= 4 is 23.2 Å². The zero-order valence-electron chi connectivity index (χ0n) is 12.3. The van der Waals surface area contributed by atoms with Gasteiger partial charge in [0.2, 0.25) is 0 Å². The minimum absolute atomic E-state index is 0.00404. The molecular weight excluding hydrogens is 262 g/mol. The van der Waals surface area contributed by atoms with E-state index in [9.17, 15) is 9.59 Å². The molecule has 1 rings (SSSR count). The fourth-order valence-electron chi connectivity index (χ4n) is 1.34. The third-order valence-corrected chi connectivity index (χ3v) is 3.38. The number of nitrogens with zero attached hydrogens (tertiary/aromatic N) is 2. The van der Waals surface area contributed by atoms with Crippen LogP contribution in [-0.2, 0) is 10.2 Å². The molecule has 0 radical (unpaired) electrons. The molecule has 0 saturated heterocycles. The molecule has 0 spiro atoms. The van der Waals surface area contributed by atoms with Crippen molar-refractivity contribution in [1.29, 1.82) is 0 Å². The Labute approximate surface area is 118 Å². The average molecular weight is 283 g/mol. The van der Waals surface area contributed by atoms with Crippen LogP contribution in [0.15, 0.2) is 0 Å². The molecular formula is C13H21N3O2S. The van der Waals surface area contributed by atoms with Crippen LogP contribution in [0.1, 0.15) is 56.9 Å². The summed E-state index contributed by atoms with van der Waals surface area (Å²) in [6.45, 7) is 11.4. The monoisotopic (exact) mass is 283 g/mol. The van der Waals surface area contributed by atoms with Gasteiger partial charge in [-0.05, 0) is 11.5 Å². The van der Waals surface area contributed by atoms with Crippen molar-refractivity contribution in [3.05, 3.63) is 10.6 Å². The van der Waals surface area contributed by atoms with Gasteiger partial charge in [-0.25, -0.2) is 0 Å². The summed E-state index contributed by atoms with van der Waals surface area (Å²) in [4.78, 5) is 24.3. The second-order valence-corrected chi connectivity index (χ2v) is 7.31. The lowest BCUT2D eigenvalue weighted by molar-refractivity contribution is -0.125. The highest BCUT2D eigenvalue weighted by Gasteiger charge is 2.27. The summed E-state index contributed by atoms with van der Waals surface area (Å²) >= 11 is 1.06. The normalized spacial score (nSPS) is 12.3. The van der Waals surface area contributed by atoms with Crippen molar-refractivity contribution in [3.8, 4) is 0 Å². The molecule has 0 aliphatic rings. The quantitative estimate of drug-likeness (QED) is 0.923. The van der Waals surface area contributed by atoms with Crippen LogP contribution < -0.4 is 5.32 Å². The van der Waals surface area contributed by atoms with E-state index in [4.69, 9.17) is 0 Å². The van der Waals surface area contributed by atoms with Gasteiger partial charge in [0.15, 0.2) is 5.78 Å². The molecule has 6 heteroatoms. The fourth-order valence-corrected chi connectivity index (χ4v) is 2.13. The van der Waals surface area contributed by atoms with Crippen molar-refractivity contribution in [2.24, 2.45) is 5.41 Å². The Hall–Kier alpha value is -1.30. The summed E-state index contributed by atoms with van der Waals surface area (Å²) in [6.07, 6.45) is 0. The molecule has 106 valence electrons. The van der Waals surface area contributed by atoms with E-state index in [-0.39, 0.29) is 23.7 Å². The molecule has 0 aromatic carbocycles. The molecule has 1 aromatic heterocycles. The van der Waals surface area contributed by atoms with Crippen molar-refractivity contribution in [1.82, 2.24) is 14.9 Å². The highest BCUT2D eigenvalue weighted by molar-refractivity contribution is 7.08. The molecule has 0 atom stereocenters. The Morgan fingerprint density at radius 3 is 2.21 bits per heavy atom. The van der Waals surface area contributed by atoms with Gasteiger partial charge in [-0.1, -0.05) is 46.0 Å². The largest absolute Gasteiger partial charge is 0.344 e. The van der Waals surface area contributed by atoms with Gasteiger partial charge in [0.1, 0.15) is 4.88 Å². The van der Waals surface area contributed by atoms with Crippen molar-refractivity contribution < 1.29 is 9.59 Å². The minimum atomic E-state index is -0.452. The summed E-state index contributed by atoms with van der Waals surface area (Å²) in [5.41, 5.74) is -0.0296. The van der Waals surface area contributed by atoms with Gasteiger partial charge in [0.05, 0.1) is 12.2 Å². The van der Waals surface area contributed by atoms with Crippen LogP contribution in [0.2, 0.25) is 0 Å². The van der Waals surface area contributed by atoms with Crippen molar-refractivity contribution in [2.75, 3.05) is 6.54 Å². The van der Waals surface area contributed by atoms with E-state index in [1.165, 1.54) is 0 Å². The zero-order valence-corrected chi connectivity index (χ0v) is 13.1. The maximum absolute atomic E-state index is 12.1. The SMILES string of the molecule is CC(C)(C)C(=O)CNC(=O)c1snnc1C(C)(C)C. The third kappa shape index (κ3) is 4.09. The number of rotatable bonds is 3. The van der Waals surface area contributed by atoms with Gasteiger partial charge in [-0.15, -0.1) is 5.10 Å². The van der Waals surface area contributed by atoms with Crippen LogP contribution in [0, 0.1) is 5.41 Å². The van der Waals surface area contributed by atoms with Crippen LogP contribution in [0.4, 0.5) is 0 Å². The second kappa shape index (κ2) is 5.36. The predicted molar refractivity (Wildman–Crippen MR) is 75.4 cm³/mol. The Kier molecular flexibility index (Phi) is 4.45. The molecule has 0 saturated carbocycles. The standard InChI is InChI=1S/C13H21N3O2S/c1-12(2,3)8(17)7-14-11(18)9-10(13(4,5)6)15-16-19-9/h7H2,1-6H3,(H,14,18). The van der Waals surface area contributed by atoms with Gasteiger partial charge in [0.25, 0.3) is 5.91 Å². The van der Waals surface area contributed by atoms with Gasteiger partial charge < -0.3 is 5.32 Å². The Morgan fingerprint density at radius 1 is 1.16 bits per heavy atom. The average Bonchev–Trinajstić information content (AvgIpc) is 2.72. The number of ketones is 1. The smallest absolute Gasteiger partial charge is 0.265 e. The molecule has 0 bridgehead atoms. The topological polar surface area (TPSA) is 72.0 Å². The molecule has 19 heavy (non-hydrogen) atoms. The number of carbonyl (C=O) groups excluding carboxylic acids is 2. The first-order valence-electron chi connectivity index (χ1n) is 6.18. The third-order valence-electron chi connectivity index (χ3n) is 2.65. The lowest BCUT2D eigenvalue weighted by Crippen LogP contribution is -2.36. The first kappa shape index (κ1) is 15.8. The number of aromatic nitrogens is 2. The number of nitrogens with one attached hydrogen (secondary N) is 1. The summed E-state index contributed by atoms with van der Waals surface area (Å²) in [6, 6.07) is 0. The molecule has 1 amide bonds. The Bertz CT molecular complexity index is 481. The van der Waals surface area contributed by atoms with Gasteiger partial charge in [0, 0.05) is 10.8 Å². The van der Waals surface area contributed by atoms with Crippen LogP contribution in [0.5, 0.6) is 0 Å². The predicted octanol–water partition coefficient (Wildman–Crippen LogP) is 2.18. The number of Topliss-reactive ketones (excluding diaryl/α,β-unsaturated/α-hetero) is 1. The Morgan fingerprint density at radius 2 is 1.74 bits per heavy atom. The zero-order chi connectivity index (χ0) is 14.8. The highest BCUT2D eigenvalue weighted by atomic mass is 32.1. The van der Waals surface area contributed by atoms with Gasteiger partial charge in [-0.3, -0.25) is 9.59 Å². The van der Waals surface area contributed by atoms with Crippen LogP contribution in [-0.4, -0.2) is 27.8 Å². The number of hydrogen-bond donors (Lipinski definition) is 1. The highest BCUT2D eigenvalue weighted by Crippen LogP contribution is 2.25. The van der Waals surface area contributed by atoms with Crippen molar-refractivity contribution in [2.45, 2.75) is 47.0 Å². The minimum Gasteiger partial charge on any atom is -0.344 e. The summed E-state index contributed by atoms with van der Waals surface area (Å²) in [5, 5.41) is 6.65. The van der Waals surface area contributed by atoms with E-state index in [1.54, 1.807) is 0 Å². The van der Waals surface area contributed by atoms with Crippen LogP contribution >= 0.6 is 11.5 Å². The second-order valence-electron chi connectivity index (χ2n) is 6.56. The molecule has 1 N–H and O–H groups in total. The molecule has 0 unspecified atom stereocenters. The summed E-state index contributed by atoms with van der Waals surface area (Å²) in [7, 11) is 0. The van der Waals surface area contributed by atoms with Crippen molar-refractivity contribution in [3.63, 3.8) is 0 Å². The lowest BCUT2D eigenvalue weighted by atomic mass is 9.90. The lowest BCUT2D eigenvalue weighted by Gasteiger charge is -2.18. The molecule has 1 heterocycles. The number of hydrogen-bond acceptors (Lipinski definition) is 5.